The summed E-state index contributed by atoms with van der Waals surface area (Å²) in [5.41, 5.74) is 0. The summed E-state index contributed by atoms with van der Waals surface area (Å²) in [5.74, 6) is 0. The normalized spacial score (nSPS) is 10.9. The Balaban J connectivity index is 0. The molecule has 0 aliphatic rings. The van der Waals surface area contributed by atoms with E-state index in [4.69, 9.17) is 0 Å². The second-order valence-corrected chi connectivity index (χ2v) is 3.31. The Labute approximate surface area is 88.4 Å². The number of hydrogen-bond donors (Lipinski definition) is 0. The van der Waals surface area contributed by atoms with Gasteiger partial charge in [-0.1, -0.05) is 19.2 Å². The minimum Gasteiger partial charge on any atom is -1.00 e. The Morgan fingerprint density at radius 3 is 1.85 bits per heavy atom. The summed E-state index contributed by atoms with van der Waals surface area (Å²) < 4.78 is 0.970. The van der Waals surface area contributed by atoms with Crippen molar-refractivity contribution in [1.82, 2.24) is 0 Å². The van der Waals surface area contributed by atoms with Gasteiger partial charge < -0.3 is 16.9 Å². The molecule has 0 bridgehead atoms. The number of hydrogen-bond acceptors (Lipinski definition) is 0. The van der Waals surface area contributed by atoms with Crippen molar-refractivity contribution in [2.24, 2.45) is 0 Å². The number of halogens is 1. The van der Waals surface area contributed by atoms with Crippen LogP contribution in [0.3, 0.4) is 0 Å². The van der Waals surface area contributed by atoms with E-state index in [0.717, 1.165) is 24.1 Å². The molecule has 0 aromatic heterocycles. The van der Waals surface area contributed by atoms with E-state index in [-0.39, 0.29) is 12.4 Å². The average Bonchev–Trinajstić information content (AvgIpc) is 2.02. The first-order chi connectivity index (χ1) is 5.68. The summed E-state index contributed by atoms with van der Waals surface area (Å²) in [7, 11) is 2.21. The zero-order chi connectivity index (χ0) is 9.45. The topological polar surface area (TPSA) is 0 Å². The summed E-state index contributed by atoms with van der Waals surface area (Å²) in [5, 5.41) is 0. The summed E-state index contributed by atoms with van der Waals surface area (Å²) in [6.45, 7) is 12.6. The second-order valence-electron chi connectivity index (χ2n) is 3.31. The van der Waals surface area contributed by atoms with Crippen LogP contribution in [0, 0.1) is 0 Å². The number of rotatable bonds is 6. The van der Waals surface area contributed by atoms with Crippen molar-refractivity contribution in [3.05, 3.63) is 37.5 Å². The molecule has 1 nitrogen and oxygen atoms in total. The molecule has 0 aliphatic carbocycles. The van der Waals surface area contributed by atoms with E-state index in [0.29, 0.717) is 0 Å². The van der Waals surface area contributed by atoms with E-state index in [2.05, 4.69) is 32.4 Å². The predicted molar refractivity (Wildman–Crippen MR) is 56.0 cm³/mol. The average molecular weight is 202 g/mol. The van der Waals surface area contributed by atoms with E-state index in [1.807, 2.05) is 19.1 Å². The van der Waals surface area contributed by atoms with Crippen molar-refractivity contribution in [3.63, 3.8) is 0 Å². The Morgan fingerprint density at radius 2 is 1.54 bits per heavy atom. The first-order valence-electron chi connectivity index (χ1n) is 4.35. The first kappa shape index (κ1) is 15.0. The summed E-state index contributed by atoms with van der Waals surface area (Å²) >= 11 is 0. The van der Waals surface area contributed by atoms with Crippen molar-refractivity contribution >= 4 is 0 Å². The number of likely N-dealkylation sites (N-methyl/N-ethyl adjacent to an activating group) is 1. The molecular formula is C11H20ClN. The highest BCUT2D eigenvalue weighted by molar-refractivity contribution is 4.79. The molecule has 0 unspecified atom stereocenters. The van der Waals surface area contributed by atoms with Gasteiger partial charge in [-0.3, -0.25) is 0 Å². The molecule has 0 amide bonds. The van der Waals surface area contributed by atoms with E-state index in [1.54, 1.807) is 0 Å². The smallest absolute Gasteiger partial charge is 0.0976 e. The van der Waals surface area contributed by atoms with Gasteiger partial charge in [-0.15, -0.1) is 0 Å². The summed E-state index contributed by atoms with van der Waals surface area (Å²) in [6, 6.07) is 0. The number of nitrogens with zero attached hydrogens (tertiary/aromatic N) is 1. The molecule has 13 heavy (non-hydrogen) atoms. The minimum atomic E-state index is 0. The standard InChI is InChI=1S/C11H20N.ClH/c1-5-8-11-12(4,9-6-2)10-7-3;/h5-8H,2-3,9-11H2,1,4H3;1H/q+1;/p-1. The fourth-order valence-corrected chi connectivity index (χ4v) is 1.21. The molecule has 0 rings (SSSR count). The van der Waals surface area contributed by atoms with Crippen LogP contribution in [-0.4, -0.2) is 31.2 Å². The molecule has 0 aliphatic heterocycles. The quantitative estimate of drug-likeness (QED) is 0.397. The van der Waals surface area contributed by atoms with E-state index in [9.17, 15) is 0 Å². The van der Waals surface area contributed by atoms with Crippen molar-refractivity contribution < 1.29 is 16.9 Å². The van der Waals surface area contributed by atoms with Crippen LogP contribution in [0.5, 0.6) is 0 Å². The lowest BCUT2D eigenvalue weighted by Gasteiger charge is -2.31. The largest absolute Gasteiger partial charge is 1.00 e. The van der Waals surface area contributed by atoms with Crippen LogP contribution in [0.25, 0.3) is 0 Å². The molecule has 0 atom stereocenters. The molecule has 2 heteroatoms. The lowest BCUT2D eigenvalue weighted by Crippen LogP contribution is -3.00. The zero-order valence-corrected chi connectivity index (χ0v) is 9.43. The summed E-state index contributed by atoms with van der Waals surface area (Å²) in [6.07, 6.45) is 8.20. The van der Waals surface area contributed by atoms with Crippen molar-refractivity contribution in [2.75, 3.05) is 26.7 Å². The fourth-order valence-electron chi connectivity index (χ4n) is 1.21. The third-order valence-electron chi connectivity index (χ3n) is 1.92. The molecule has 0 heterocycles. The SMILES string of the molecule is C=CC[N+](C)(CC=C)CC=CC.[Cl-]. The lowest BCUT2D eigenvalue weighted by atomic mass is 10.3. The highest BCUT2D eigenvalue weighted by Crippen LogP contribution is 2.02. The van der Waals surface area contributed by atoms with Gasteiger partial charge in [0.15, 0.2) is 0 Å². The molecule has 76 valence electrons. The van der Waals surface area contributed by atoms with Gasteiger partial charge >= 0.3 is 0 Å². The fraction of sp³-hybridized carbons (Fsp3) is 0.455. The molecule has 0 saturated carbocycles. The van der Waals surface area contributed by atoms with Gasteiger partial charge in [0, 0.05) is 0 Å². The third-order valence-corrected chi connectivity index (χ3v) is 1.92. The molecule has 0 aromatic carbocycles. The van der Waals surface area contributed by atoms with E-state index in [1.165, 1.54) is 0 Å². The van der Waals surface area contributed by atoms with Crippen LogP contribution in [-0.2, 0) is 0 Å². The summed E-state index contributed by atoms with van der Waals surface area (Å²) in [4.78, 5) is 0. The van der Waals surface area contributed by atoms with Crippen molar-refractivity contribution in [2.45, 2.75) is 6.92 Å². The van der Waals surface area contributed by atoms with Crippen LogP contribution in [0.1, 0.15) is 6.92 Å². The maximum atomic E-state index is 3.76. The minimum absolute atomic E-state index is 0. The van der Waals surface area contributed by atoms with Crippen LogP contribution in [0.4, 0.5) is 0 Å². The monoisotopic (exact) mass is 201 g/mol. The first-order valence-corrected chi connectivity index (χ1v) is 4.35. The van der Waals surface area contributed by atoms with Gasteiger partial charge in [0.25, 0.3) is 0 Å². The Kier molecular flexibility index (Phi) is 9.31. The second kappa shape index (κ2) is 8.09. The van der Waals surface area contributed by atoms with Gasteiger partial charge in [-0.05, 0) is 25.2 Å². The zero-order valence-electron chi connectivity index (χ0n) is 8.67. The molecule has 0 spiro atoms. The maximum Gasteiger partial charge on any atom is 0.0976 e. The Hall–Kier alpha value is -0.530. The van der Waals surface area contributed by atoms with Crippen LogP contribution < -0.4 is 12.4 Å². The van der Waals surface area contributed by atoms with Crippen LogP contribution >= 0.6 is 0 Å². The van der Waals surface area contributed by atoms with Crippen molar-refractivity contribution in [1.29, 1.82) is 0 Å². The van der Waals surface area contributed by atoms with Gasteiger partial charge in [-0.2, -0.15) is 0 Å². The van der Waals surface area contributed by atoms with E-state index >= 15 is 0 Å². The lowest BCUT2D eigenvalue weighted by molar-refractivity contribution is -0.892. The highest BCUT2D eigenvalue weighted by atomic mass is 35.5. The predicted octanol–water partition coefficient (Wildman–Crippen LogP) is -0.615. The Bertz CT molecular complexity index is 163. The molecule has 0 fully saturated rings. The van der Waals surface area contributed by atoms with Gasteiger partial charge in [0.05, 0.1) is 26.7 Å². The highest BCUT2D eigenvalue weighted by Gasteiger charge is 2.14. The molecule has 0 radical (unpaired) electrons. The molecule has 0 saturated heterocycles. The van der Waals surface area contributed by atoms with Gasteiger partial charge in [-0.25, -0.2) is 0 Å². The van der Waals surface area contributed by atoms with E-state index < -0.39 is 0 Å². The third kappa shape index (κ3) is 6.62. The molecular weight excluding hydrogens is 182 g/mol. The van der Waals surface area contributed by atoms with Gasteiger partial charge in [0.2, 0.25) is 0 Å². The van der Waals surface area contributed by atoms with Gasteiger partial charge in [0.1, 0.15) is 0 Å². The van der Waals surface area contributed by atoms with Crippen LogP contribution in [0.15, 0.2) is 37.5 Å². The number of allylic oxidation sites excluding steroid dienone is 1. The maximum absolute atomic E-state index is 3.76. The van der Waals surface area contributed by atoms with Crippen LogP contribution in [0.2, 0.25) is 0 Å². The molecule has 0 aromatic rings. The molecule has 0 N–H and O–H groups in total. The van der Waals surface area contributed by atoms with Crippen molar-refractivity contribution in [3.8, 4) is 0 Å². The Morgan fingerprint density at radius 1 is 1.08 bits per heavy atom. The number of quaternary nitrogens is 1.